The minimum absolute atomic E-state index is 0.00611. The predicted octanol–water partition coefficient (Wildman–Crippen LogP) is 3.23. The zero-order valence-corrected chi connectivity index (χ0v) is 11.8. The molecule has 1 aromatic carbocycles. The maximum atomic E-state index is 10.0. The topological polar surface area (TPSA) is 82.0 Å². The second-order valence-corrected chi connectivity index (χ2v) is 5.62. The van der Waals surface area contributed by atoms with Crippen molar-refractivity contribution < 1.29 is 10.2 Å². The molecule has 0 atom stereocenters. The number of nitrogens with zero attached hydrogens (tertiary/aromatic N) is 2. The van der Waals surface area contributed by atoms with Gasteiger partial charge in [0.15, 0.2) is 0 Å². The Labute approximate surface area is 119 Å². The molecule has 0 spiro atoms. The molecule has 6 heteroatoms. The number of phenols is 2. The van der Waals surface area contributed by atoms with Crippen molar-refractivity contribution in [3.8, 4) is 34.0 Å². The lowest BCUT2D eigenvalue weighted by atomic mass is 10.0. The highest BCUT2D eigenvalue weighted by Crippen LogP contribution is 2.38. The number of hydrogen-bond donors (Lipinski definition) is 3. The normalized spacial score (nSPS) is 10.9. The highest BCUT2D eigenvalue weighted by Gasteiger charge is 2.17. The monoisotopic (exact) mass is 287 g/mol. The smallest absolute Gasteiger partial charge is 0.128 e. The second kappa shape index (κ2) is 4.64. The van der Waals surface area contributed by atoms with Gasteiger partial charge in [0.05, 0.1) is 10.7 Å². The van der Waals surface area contributed by atoms with E-state index in [2.05, 4.69) is 15.2 Å². The lowest BCUT2D eigenvalue weighted by Crippen LogP contribution is -1.86. The molecule has 0 aliphatic carbocycles. The van der Waals surface area contributed by atoms with Crippen LogP contribution in [0.4, 0.5) is 0 Å². The van der Waals surface area contributed by atoms with E-state index in [9.17, 15) is 10.2 Å². The Hall–Kier alpha value is -2.34. The Kier molecular flexibility index (Phi) is 2.94. The molecule has 3 aromatic rings. The van der Waals surface area contributed by atoms with Crippen molar-refractivity contribution in [2.45, 2.75) is 13.8 Å². The van der Waals surface area contributed by atoms with Crippen molar-refractivity contribution in [2.24, 2.45) is 0 Å². The van der Waals surface area contributed by atoms with Crippen LogP contribution in [0, 0.1) is 13.8 Å². The number of aromatic nitrogens is 3. The fourth-order valence-electron chi connectivity index (χ4n) is 2.05. The van der Waals surface area contributed by atoms with E-state index in [0.29, 0.717) is 16.8 Å². The summed E-state index contributed by atoms with van der Waals surface area (Å²) in [6, 6.07) is 3.04. The fraction of sp³-hybridized carbons (Fsp3) is 0.143. The van der Waals surface area contributed by atoms with Gasteiger partial charge in [0, 0.05) is 28.8 Å². The van der Waals surface area contributed by atoms with Crippen LogP contribution in [-0.2, 0) is 0 Å². The first-order valence-corrected chi connectivity index (χ1v) is 6.93. The summed E-state index contributed by atoms with van der Waals surface area (Å²) < 4.78 is 0. The van der Waals surface area contributed by atoms with Crippen LogP contribution in [0.5, 0.6) is 11.5 Å². The molecule has 0 unspecified atom stereocenters. The molecule has 3 rings (SSSR count). The molecule has 2 aromatic heterocycles. The molecular formula is C14H13N3O2S. The summed E-state index contributed by atoms with van der Waals surface area (Å²) in [6.07, 6.45) is 1.76. The molecule has 0 amide bonds. The number of thiazole rings is 1. The molecule has 2 heterocycles. The Morgan fingerprint density at radius 1 is 1.10 bits per heavy atom. The van der Waals surface area contributed by atoms with Crippen LogP contribution in [0.1, 0.15) is 10.6 Å². The van der Waals surface area contributed by atoms with E-state index in [4.69, 9.17) is 0 Å². The van der Waals surface area contributed by atoms with Crippen LogP contribution >= 0.6 is 11.3 Å². The number of phenolic OH excluding ortho intramolecular Hbond substituents is 2. The summed E-state index contributed by atoms with van der Waals surface area (Å²) in [5.41, 5.74) is 3.52. The molecule has 5 nitrogen and oxygen atoms in total. The summed E-state index contributed by atoms with van der Waals surface area (Å²) in [5.74, 6) is 0.0567. The van der Waals surface area contributed by atoms with Crippen molar-refractivity contribution in [3.05, 3.63) is 34.3 Å². The average Bonchev–Trinajstić information content (AvgIpc) is 3.02. The third kappa shape index (κ3) is 2.04. The molecule has 0 bridgehead atoms. The van der Waals surface area contributed by atoms with Gasteiger partial charge in [-0.3, -0.25) is 5.10 Å². The zero-order valence-electron chi connectivity index (χ0n) is 11.0. The van der Waals surface area contributed by atoms with E-state index in [-0.39, 0.29) is 11.5 Å². The van der Waals surface area contributed by atoms with Crippen molar-refractivity contribution in [2.75, 3.05) is 0 Å². The summed E-state index contributed by atoms with van der Waals surface area (Å²) in [5, 5.41) is 29.6. The van der Waals surface area contributed by atoms with E-state index in [1.54, 1.807) is 30.5 Å². The summed E-state index contributed by atoms with van der Waals surface area (Å²) in [4.78, 5) is 4.44. The van der Waals surface area contributed by atoms with Gasteiger partial charge >= 0.3 is 0 Å². The van der Waals surface area contributed by atoms with Gasteiger partial charge in [0.1, 0.15) is 17.2 Å². The molecule has 0 saturated carbocycles. The van der Waals surface area contributed by atoms with Crippen LogP contribution in [0.3, 0.4) is 0 Å². The third-order valence-corrected chi connectivity index (χ3v) is 3.88. The molecule has 0 fully saturated rings. The van der Waals surface area contributed by atoms with Gasteiger partial charge in [0.25, 0.3) is 0 Å². The summed E-state index contributed by atoms with van der Waals surface area (Å²) in [7, 11) is 0. The van der Waals surface area contributed by atoms with Gasteiger partial charge in [-0.1, -0.05) is 0 Å². The maximum Gasteiger partial charge on any atom is 0.128 e. The number of aryl methyl sites for hydroxylation is 2. The molecule has 0 radical (unpaired) electrons. The number of nitrogens with one attached hydrogen (secondary N) is 1. The van der Waals surface area contributed by atoms with Gasteiger partial charge in [-0.15, -0.1) is 11.3 Å². The van der Waals surface area contributed by atoms with E-state index in [1.165, 1.54) is 6.07 Å². The molecule has 0 saturated heterocycles. The van der Waals surface area contributed by atoms with Crippen molar-refractivity contribution in [3.63, 3.8) is 0 Å². The summed E-state index contributed by atoms with van der Waals surface area (Å²) >= 11 is 1.56. The first kappa shape index (κ1) is 12.7. The molecule has 20 heavy (non-hydrogen) atoms. The van der Waals surface area contributed by atoms with E-state index >= 15 is 0 Å². The lowest BCUT2D eigenvalue weighted by Gasteiger charge is -2.06. The number of aromatic hydroxyl groups is 2. The van der Waals surface area contributed by atoms with Gasteiger partial charge < -0.3 is 10.2 Å². The highest BCUT2D eigenvalue weighted by molar-refractivity contribution is 7.09. The first-order valence-electron chi connectivity index (χ1n) is 6.05. The van der Waals surface area contributed by atoms with Crippen molar-refractivity contribution >= 4 is 11.3 Å². The first-order chi connectivity index (χ1) is 9.56. The average molecular weight is 287 g/mol. The van der Waals surface area contributed by atoms with Crippen LogP contribution < -0.4 is 0 Å². The predicted molar refractivity (Wildman–Crippen MR) is 77.9 cm³/mol. The minimum Gasteiger partial charge on any atom is -0.508 e. The number of rotatable bonds is 2. The van der Waals surface area contributed by atoms with Crippen molar-refractivity contribution in [1.29, 1.82) is 0 Å². The summed E-state index contributed by atoms with van der Waals surface area (Å²) in [6.45, 7) is 3.72. The molecule has 102 valence electrons. The Balaban J connectivity index is 2.17. The number of aromatic amines is 1. The SMILES string of the molecule is Cc1nc(-c2c[nH]nc2-c2cc(C)c(O)cc2O)cs1. The molecule has 0 aliphatic rings. The standard InChI is InChI=1S/C14H13N3O2S/c1-7-3-9(13(19)4-12(7)18)14-10(5-15-17-14)11-6-20-8(2)16-11/h3-6,18-19H,1-2H3,(H,15,17). The number of benzene rings is 1. The van der Waals surface area contributed by atoms with Gasteiger partial charge in [0.2, 0.25) is 0 Å². The van der Waals surface area contributed by atoms with Gasteiger partial charge in [-0.2, -0.15) is 5.10 Å². The molecule has 3 N–H and O–H groups in total. The third-order valence-electron chi connectivity index (χ3n) is 3.10. The fourth-order valence-corrected chi connectivity index (χ4v) is 2.67. The minimum atomic E-state index is -0.00611. The highest BCUT2D eigenvalue weighted by atomic mass is 32.1. The number of hydrogen-bond acceptors (Lipinski definition) is 5. The second-order valence-electron chi connectivity index (χ2n) is 4.56. The Morgan fingerprint density at radius 2 is 1.90 bits per heavy atom. The Bertz CT molecular complexity index is 777. The van der Waals surface area contributed by atoms with Gasteiger partial charge in [-0.05, 0) is 25.5 Å². The molecule has 0 aliphatic heterocycles. The van der Waals surface area contributed by atoms with Crippen LogP contribution in [0.15, 0.2) is 23.7 Å². The Morgan fingerprint density at radius 3 is 2.60 bits per heavy atom. The maximum absolute atomic E-state index is 10.0. The lowest BCUT2D eigenvalue weighted by molar-refractivity contribution is 0.449. The zero-order chi connectivity index (χ0) is 14.3. The van der Waals surface area contributed by atoms with Crippen molar-refractivity contribution in [1.82, 2.24) is 15.2 Å². The van der Waals surface area contributed by atoms with E-state index < -0.39 is 0 Å². The van der Waals surface area contributed by atoms with E-state index in [1.807, 2.05) is 12.3 Å². The quantitative estimate of drug-likeness (QED) is 0.676. The van der Waals surface area contributed by atoms with Gasteiger partial charge in [-0.25, -0.2) is 4.98 Å². The largest absolute Gasteiger partial charge is 0.508 e. The molecular weight excluding hydrogens is 274 g/mol. The van der Waals surface area contributed by atoms with Crippen LogP contribution in [0.25, 0.3) is 22.5 Å². The van der Waals surface area contributed by atoms with Crippen LogP contribution in [0.2, 0.25) is 0 Å². The van der Waals surface area contributed by atoms with Crippen LogP contribution in [-0.4, -0.2) is 25.4 Å². The number of H-pyrrole nitrogens is 1. The van der Waals surface area contributed by atoms with E-state index in [0.717, 1.165) is 16.3 Å².